The van der Waals surface area contributed by atoms with E-state index in [4.69, 9.17) is 9.47 Å². The van der Waals surface area contributed by atoms with Gasteiger partial charge in [-0.2, -0.15) is 0 Å². The maximum absolute atomic E-state index is 5.46. The van der Waals surface area contributed by atoms with Gasteiger partial charge in [-0.05, 0) is 39.0 Å². The van der Waals surface area contributed by atoms with Gasteiger partial charge >= 0.3 is 0 Å². The van der Waals surface area contributed by atoms with Crippen LogP contribution in [0.5, 0.6) is 0 Å². The molecule has 0 spiro atoms. The van der Waals surface area contributed by atoms with Crippen LogP contribution in [0.4, 0.5) is 0 Å². The Hall–Kier alpha value is -0.340. The molecule has 1 atom stereocenters. The number of rotatable bonds is 9. The van der Waals surface area contributed by atoms with Gasteiger partial charge in [0.15, 0.2) is 6.29 Å². The number of unbranched alkanes of at least 4 members (excludes halogenated alkanes) is 2. The Morgan fingerprint density at radius 2 is 1.80 bits per heavy atom. The van der Waals surface area contributed by atoms with Crippen LogP contribution in [0.3, 0.4) is 0 Å². The van der Waals surface area contributed by atoms with E-state index in [0.717, 1.165) is 26.1 Å². The molecule has 0 rings (SSSR count). The third-order valence-corrected chi connectivity index (χ3v) is 2.04. The summed E-state index contributed by atoms with van der Waals surface area (Å²) in [5.41, 5.74) is 0. The SMILES string of the molecule is CCOC(C)OCCCC/C=C/C(C)C. The molecule has 0 bridgehead atoms. The summed E-state index contributed by atoms with van der Waals surface area (Å²) in [6.07, 6.45) is 7.92. The van der Waals surface area contributed by atoms with E-state index in [9.17, 15) is 0 Å². The molecular formula is C13H26O2. The molecule has 0 radical (unpaired) electrons. The Bertz CT molecular complexity index is 153. The van der Waals surface area contributed by atoms with Gasteiger partial charge in [0.25, 0.3) is 0 Å². The van der Waals surface area contributed by atoms with Crippen molar-refractivity contribution in [2.45, 2.75) is 53.2 Å². The quantitative estimate of drug-likeness (QED) is 0.330. The van der Waals surface area contributed by atoms with E-state index in [0.29, 0.717) is 5.92 Å². The molecule has 0 amide bonds. The lowest BCUT2D eigenvalue weighted by Crippen LogP contribution is -2.13. The molecule has 1 unspecified atom stereocenters. The van der Waals surface area contributed by atoms with Crippen molar-refractivity contribution in [1.29, 1.82) is 0 Å². The highest BCUT2D eigenvalue weighted by molar-refractivity contribution is 4.83. The van der Waals surface area contributed by atoms with Crippen LogP contribution in [0.1, 0.15) is 47.0 Å². The van der Waals surface area contributed by atoms with E-state index < -0.39 is 0 Å². The van der Waals surface area contributed by atoms with Crippen LogP contribution in [0.2, 0.25) is 0 Å². The van der Waals surface area contributed by atoms with Crippen molar-refractivity contribution < 1.29 is 9.47 Å². The summed E-state index contributed by atoms with van der Waals surface area (Å²) >= 11 is 0. The maximum Gasteiger partial charge on any atom is 0.154 e. The second-order valence-corrected chi connectivity index (χ2v) is 4.06. The van der Waals surface area contributed by atoms with Gasteiger partial charge in [-0.25, -0.2) is 0 Å². The predicted molar refractivity (Wildman–Crippen MR) is 64.9 cm³/mol. The Kier molecular flexibility index (Phi) is 9.96. The first-order valence-corrected chi connectivity index (χ1v) is 6.06. The van der Waals surface area contributed by atoms with Gasteiger partial charge in [0.05, 0.1) is 0 Å². The molecule has 0 aliphatic heterocycles. The molecule has 0 aromatic carbocycles. The number of hydrogen-bond acceptors (Lipinski definition) is 2. The second kappa shape index (κ2) is 10.2. The van der Waals surface area contributed by atoms with Gasteiger partial charge in [0, 0.05) is 13.2 Å². The number of allylic oxidation sites excluding steroid dienone is 2. The molecule has 15 heavy (non-hydrogen) atoms. The van der Waals surface area contributed by atoms with Crippen LogP contribution >= 0.6 is 0 Å². The highest BCUT2D eigenvalue weighted by Crippen LogP contribution is 2.02. The van der Waals surface area contributed by atoms with Crippen LogP contribution in [0.15, 0.2) is 12.2 Å². The van der Waals surface area contributed by atoms with Crippen molar-refractivity contribution in [3.63, 3.8) is 0 Å². The van der Waals surface area contributed by atoms with E-state index in [1.54, 1.807) is 0 Å². The lowest BCUT2D eigenvalue weighted by Gasteiger charge is -2.12. The van der Waals surface area contributed by atoms with Crippen molar-refractivity contribution in [2.75, 3.05) is 13.2 Å². The van der Waals surface area contributed by atoms with Crippen molar-refractivity contribution in [3.8, 4) is 0 Å². The summed E-state index contributed by atoms with van der Waals surface area (Å²) in [5, 5.41) is 0. The molecule has 0 aliphatic carbocycles. The van der Waals surface area contributed by atoms with Crippen molar-refractivity contribution in [3.05, 3.63) is 12.2 Å². The van der Waals surface area contributed by atoms with E-state index >= 15 is 0 Å². The van der Waals surface area contributed by atoms with Crippen LogP contribution < -0.4 is 0 Å². The molecule has 0 heterocycles. The standard InChI is InChI=1S/C13H26O2/c1-5-14-13(4)15-11-9-7-6-8-10-12(2)3/h8,10,12-13H,5-7,9,11H2,1-4H3/b10-8+. The van der Waals surface area contributed by atoms with Crippen LogP contribution in [0.25, 0.3) is 0 Å². The largest absolute Gasteiger partial charge is 0.353 e. The minimum atomic E-state index is -0.0544. The van der Waals surface area contributed by atoms with Crippen molar-refractivity contribution in [1.82, 2.24) is 0 Å². The molecule has 0 saturated carbocycles. The molecule has 2 nitrogen and oxygen atoms in total. The Morgan fingerprint density at radius 3 is 2.40 bits per heavy atom. The molecule has 0 saturated heterocycles. The molecule has 0 aromatic heterocycles. The Balaban J connectivity index is 3.18. The third kappa shape index (κ3) is 11.6. The lowest BCUT2D eigenvalue weighted by molar-refractivity contribution is -0.127. The van der Waals surface area contributed by atoms with Crippen LogP contribution in [0, 0.1) is 5.92 Å². The first kappa shape index (κ1) is 14.7. The molecule has 0 aromatic rings. The summed E-state index contributed by atoms with van der Waals surface area (Å²) in [4.78, 5) is 0. The maximum atomic E-state index is 5.46. The average Bonchev–Trinajstić information content (AvgIpc) is 2.16. The smallest absolute Gasteiger partial charge is 0.154 e. The number of ether oxygens (including phenoxy) is 2. The lowest BCUT2D eigenvalue weighted by atomic mass is 10.1. The molecule has 90 valence electrons. The topological polar surface area (TPSA) is 18.5 Å². The van der Waals surface area contributed by atoms with Crippen molar-refractivity contribution in [2.24, 2.45) is 5.92 Å². The average molecular weight is 214 g/mol. The van der Waals surface area contributed by atoms with E-state index in [1.807, 2.05) is 13.8 Å². The van der Waals surface area contributed by atoms with Crippen LogP contribution in [-0.4, -0.2) is 19.5 Å². The van der Waals surface area contributed by atoms with E-state index in [1.165, 1.54) is 6.42 Å². The summed E-state index contributed by atoms with van der Waals surface area (Å²) < 4.78 is 10.7. The zero-order valence-corrected chi connectivity index (χ0v) is 10.7. The minimum Gasteiger partial charge on any atom is -0.353 e. The molecule has 2 heteroatoms. The molecular weight excluding hydrogens is 188 g/mol. The van der Waals surface area contributed by atoms with Gasteiger partial charge in [-0.3, -0.25) is 0 Å². The third-order valence-electron chi connectivity index (χ3n) is 2.04. The van der Waals surface area contributed by atoms with Crippen LogP contribution in [-0.2, 0) is 9.47 Å². The fraction of sp³-hybridized carbons (Fsp3) is 0.846. The highest BCUT2D eigenvalue weighted by atomic mass is 16.7. The van der Waals surface area contributed by atoms with Gasteiger partial charge in [0.1, 0.15) is 0 Å². The second-order valence-electron chi connectivity index (χ2n) is 4.06. The minimum absolute atomic E-state index is 0.0544. The van der Waals surface area contributed by atoms with E-state index in [2.05, 4.69) is 26.0 Å². The molecule has 0 N–H and O–H groups in total. The zero-order valence-electron chi connectivity index (χ0n) is 10.7. The summed E-state index contributed by atoms with van der Waals surface area (Å²) in [7, 11) is 0. The predicted octanol–water partition coefficient (Wildman–Crippen LogP) is 3.77. The zero-order chi connectivity index (χ0) is 11.5. The Morgan fingerprint density at radius 1 is 1.07 bits per heavy atom. The first-order valence-electron chi connectivity index (χ1n) is 6.06. The van der Waals surface area contributed by atoms with E-state index in [-0.39, 0.29) is 6.29 Å². The monoisotopic (exact) mass is 214 g/mol. The molecule has 0 fully saturated rings. The number of hydrogen-bond donors (Lipinski definition) is 0. The van der Waals surface area contributed by atoms with Gasteiger partial charge < -0.3 is 9.47 Å². The fourth-order valence-corrected chi connectivity index (χ4v) is 1.26. The van der Waals surface area contributed by atoms with Gasteiger partial charge in [-0.1, -0.05) is 26.0 Å². The Labute approximate surface area is 94.7 Å². The van der Waals surface area contributed by atoms with Crippen molar-refractivity contribution >= 4 is 0 Å². The van der Waals surface area contributed by atoms with Gasteiger partial charge in [0.2, 0.25) is 0 Å². The fourth-order valence-electron chi connectivity index (χ4n) is 1.26. The molecule has 0 aliphatic rings. The summed E-state index contributed by atoms with van der Waals surface area (Å²) in [6, 6.07) is 0. The summed E-state index contributed by atoms with van der Waals surface area (Å²) in [5.74, 6) is 0.666. The normalized spacial score (nSPS) is 13.9. The highest BCUT2D eigenvalue weighted by Gasteiger charge is 1.98. The van der Waals surface area contributed by atoms with Gasteiger partial charge in [-0.15, -0.1) is 0 Å². The summed E-state index contributed by atoms with van der Waals surface area (Å²) in [6.45, 7) is 9.85. The first-order chi connectivity index (χ1) is 7.16.